The van der Waals surface area contributed by atoms with Crippen LogP contribution in [0.15, 0.2) is 48.5 Å². The number of halogens is 1. The molecule has 0 aliphatic rings. The molecular formula is C18H20FNO2. The van der Waals surface area contributed by atoms with E-state index < -0.39 is 6.10 Å². The molecule has 0 aliphatic heterocycles. The van der Waals surface area contributed by atoms with E-state index in [1.165, 1.54) is 12.1 Å². The van der Waals surface area contributed by atoms with Crippen LogP contribution in [-0.4, -0.2) is 17.6 Å². The second kappa shape index (κ2) is 7.71. The molecule has 0 radical (unpaired) electrons. The van der Waals surface area contributed by atoms with Crippen molar-refractivity contribution < 1.29 is 14.3 Å². The SMILES string of the molecule is Cc1ccccc1CC(=O)NCCC(O)c1ccc(F)cc1. The van der Waals surface area contributed by atoms with Gasteiger partial charge >= 0.3 is 0 Å². The van der Waals surface area contributed by atoms with E-state index in [1.807, 2.05) is 31.2 Å². The van der Waals surface area contributed by atoms with Crippen molar-refractivity contribution in [3.63, 3.8) is 0 Å². The molecular weight excluding hydrogens is 281 g/mol. The molecule has 0 saturated carbocycles. The summed E-state index contributed by atoms with van der Waals surface area (Å²) in [5.74, 6) is -0.400. The van der Waals surface area contributed by atoms with Gasteiger partial charge in [0.2, 0.25) is 5.91 Å². The molecule has 1 atom stereocenters. The molecule has 2 aromatic rings. The summed E-state index contributed by atoms with van der Waals surface area (Å²) < 4.78 is 12.8. The van der Waals surface area contributed by atoms with Gasteiger partial charge in [-0.05, 0) is 42.2 Å². The zero-order valence-electron chi connectivity index (χ0n) is 12.6. The molecule has 4 heteroatoms. The highest BCUT2D eigenvalue weighted by Gasteiger charge is 2.09. The van der Waals surface area contributed by atoms with E-state index in [0.29, 0.717) is 24.9 Å². The van der Waals surface area contributed by atoms with Crippen molar-refractivity contribution in [3.8, 4) is 0 Å². The summed E-state index contributed by atoms with van der Waals surface area (Å²) in [5, 5.41) is 12.8. The lowest BCUT2D eigenvalue weighted by atomic mass is 10.1. The van der Waals surface area contributed by atoms with E-state index >= 15 is 0 Å². The van der Waals surface area contributed by atoms with Crippen LogP contribution in [0.25, 0.3) is 0 Å². The minimum absolute atomic E-state index is 0.0689. The highest BCUT2D eigenvalue weighted by atomic mass is 19.1. The first-order chi connectivity index (χ1) is 10.6. The first-order valence-corrected chi connectivity index (χ1v) is 7.31. The number of carbonyl (C=O) groups is 1. The van der Waals surface area contributed by atoms with E-state index in [4.69, 9.17) is 0 Å². The molecule has 0 heterocycles. The van der Waals surface area contributed by atoms with Crippen molar-refractivity contribution in [1.29, 1.82) is 0 Å². The minimum Gasteiger partial charge on any atom is -0.388 e. The molecule has 1 amide bonds. The van der Waals surface area contributed by atoms with Gasteiger partial charge in [-0.15, -0.1) is 0 Å². The molecule has 0 fully saturated rings. The van der Waals surface area contributed by atoms with Crippen LogP contribution in [0.3, 0.4) is 0 Å². The molecule has 3 nitrogen and oxygen atoms in total. The quantitative estimate of drug-likeness (QED) is 0.862. The highest BCUT2D eigenvalue weighted by Crippen LogP contribution is 2.16. The van der Waals surface area contributed by atoms with Crippen LogP contribution in [0.2, 0.25) is 0 Å². The van der Waals surface area contributed by atoms with Crippen LogP contribution in [0.1, 0.15) is 29.2 Å². The van der Waals surface area contributed by atoms with E-state index in [2.05, 4.69) is 5.32 Å². The molecule has 0 aliphatic carbocycles. The van der Waals surface area contributed by atoms with Gasteiger partial charge in [-0.3, -0.25) is 4.79 Å². The van der Waals surface area contributed by atoms with Crippen molar-refractivity contribution in [2.24, 2.45) is 0 Å². The Balaban J connectivity index is 1.77. The Kier molecular flexibility index (Phi) is 5.67. The van der Waals surface area contributed by atoms with Crippen molar-refractivity contribution in [1.82, 2.24) is 5.32 Å². The third kappa shape index (κ3) is 4.67. The normalized spacial score (nSPS) is 12.0. The number of carbonyl (C=O) groups excluding carboxylic acids is 1. The fourth-order valence-corrected chi connectivity index (χ4v) is 2.24. The largest absolute Gasteiger partial charge is 0.388 e. The fraction of sp³-hybridized carbons (Fsp3) is 0.278. The summed E-state index contributed by atoms with van der Waals surface area (Å²) >= 11 is 0. The average Bonchev–Trinajstić information content (AvgIpc) is 2.50. The monoisotopic (exact) mass is 301 g/mol. The summed E-state index contributed by atoms with van der Waals surface area (Å²) in [4.78, 5) is 11.9. The number of rotatable bonds is 6. The van der Waals surface area contributed by atoms with E-state index in [-0.39, 0.29) is 11.7 Å². The second-order valence-corrected chi connectivity index (χ2v) is 5.31. The van der Waals surface area contributed by atoms with E-state index in [1.54, 1.807) is 12.1 Å². The Hall–Kier alpha value is -2.20. The molecule has 2 rings (SSSR count). The van der Waals surface area contributed by atoms with Crippen LogP contribution in [0.5, 0.6) is 0 Å². The topological polar surface area (TPSA) is 49.3 Å². The lowest BCUT2D eigenvalue weighted by Crippen LogP contribution is -2.27. The number of hydrogen-bond acceptors (Lipinski definition) is 2. The third-order valence-corrected chi connectivity index (χ3v) is 3.61. The summed E-state index contributed by atoms with van der Waals surface area (Å²) in [6.07, 6.45) is 0.0177. The number of benzene rings is 2. The Bertz CT molecular complexity index is 625. The van der Waals surface area contributed by atoms with E-state index in [0.717, 1.165) is 11.1 Å². The van der Waals surface area contributed by atoms with Crippen LogP contribution in [-0.2, 0) is 11.2 Å². The fourth-order valence-electron chi connectivity index (χ4n) is 2.24. The van der Waals surface area contributed by atoms with Crippen LogP contribution in [0, 0.1) is 12.7 Å². The number of aliphatic hydroxyl groups is 1. The summed E-state index contributed by atoms with van der Waals surface area (Å²) in [6, 6.07) is 13.5. The first kappa shape index (κ1) is 16.2. The number of aliphatic hydroxyl groups excluding tert-OH is 1. The number of aryl methyl sites for hydroxylation is 1. The van der Waals surface area contributed by atoms with Gasteiger partial charge in [-0.2, -0.15) is 0 Å². The van der Waals surface area contributed by atoms with Crippen LogP contribution in [0.4, 0.5) is 4.39 Å². The van der Waals surface area contributed by atoms with Gasteiger partial charge in [0.15, 0.2) is 0 Å². The van der Waals surface area contributed by atoms with Crippen molar-refractivity contribution in [3.05, 3.63) is 71.0 Å². The lowest BCUT2D eigenvalue weighted by Gasteiger charge is -2.12. The van der Waals surface area contributed by atoms with Crippen molar-refractivity contribution >= 4 is 5.91 Å². The van der Waals surface area contributed by atoms with Crippen LogP contribution >= 0.6 is 0 Å². The van der Waals surface area contributed by atoms with Gasteiger partial charge in [-0.25, -0.2) is 4.39 Å². The zero-order valence-corrected chi connectivity index (χ0v) is 12.6. The standard InChI is InChI=1S/C18H20FNO2/c1-13-4-2-3-5-15(13)12-18(22)20-11-10-17(21)14-6-8-16(19)9-7-14/h2-9,17,21H,10-12H2,1H3,(H,20,22). The van der Waals surface area contributed by atoms with Gasteiger partial charge in [0.1, 0.15) is 5.82 Å². The Labute approximate surface area is 129 Å². The van der Waals surface area contributed by atoms with Crippen LogP contribution < -0.4 is 5.32 Å². The van der Waals surface area contributed by atoms with E-state index in [9.17, 15) is 14.3 Å². The maximum absolute atomic E-state index is 12.8. The van der Waals surface area contributed by atoms with Gasteiger partial charge in [0, 0.05) is 6.54 Å². The number of hydrogen-bond donors (Lipinski definition) is 2. The molecule has 22 heavy (non-hydrogen) atoms. The molecule has 2 N–H and O–H groups in total. The predicted octanol–water partition coefficient (Wildman–Crippen LogP) is 2.92. The molecule has 2 aromatic carbocycles. The summed E-state index contributed by atoms with van der Waals surface area (Å²) in [7, 11) is 0. The first-order valence-electron chi connectivity index (χ1n) is 7.31. The predicted molar refractivity (Wildman–Crippen MR) is 83.9 cm³/mol. The Morgan fingerprint density at radius 1 is 1.18 bits per heavy atom. The summed E-state index contributed by atoms with van der Waals surface area (Å²) in [5.41, 5.74) is 2.73. The molecule has 0 bridgehead atoms. The molecule has 0 aromatic heterocycles. The van der Waals surface area contributed by atoms with Crippen molar-refractivity contribution in [2.75, 3.05) is 6.54 Å². The average molecular weight is 301 g/mol. The second-order valence-electron chi connectivity index (χ2n) is 5.31. The molecule has 0 saturated heterocycles. The lowest BCUT2D eigenvalue weighted by molar-refractivity contribution is -0.120. The Morgan fingerprint density at radius 2 is 1.86 bits per heavy atom. The van der Waals surface area contributed by atoms with Crippen molar-refractivity contribution in [2.45, 2.75) is 25.9 Å². The van der Waals surface area contributed by atoms with Gasteiger partial charge < -0.3 is 10.4 Å². The minimum atomic E-state index is -0.709. The molecule has 1 unspecified atom stereocenters. The number of amides is 1. The number of nitrogens with one attached hydrogen (secondary N) is 1. The zero-order chi connectivity index (χ0) is 15.9. The highest BCUT2D eigenvalue weighted by molar-refractivity contribution is 5.78. The molecule has 116 valence electrons. The van der Waals surface area contributed by atoms with Gasteiger partial charge in [0.05, 0.1) is 12.5 Å². The molecule has 0 spiro atoms. The maximum Gasteiger partial charge on any atom is 0.224 e. The summed E-state index contributed by atoms with van der Waals surface area (Å²) in [6.45, 7) is 2.35. The Morgan fingerprint density at radius 3 is 2.55 bits per heavy atom. The smallest absolute Gasteiger partial charge is 0.224 e. The van der Waals surface area contributed by atoms with Gasteiger partial charge in [-0.1, -0.05) is 36.4 Å². The van der Waals surface area contributed by atoms with Gasteiger partial charge in [0.25, 0.3) is 0 Å². The maximum atomic E-state index is 12.8. The third-order valence-electron chi connectivity index (χ3n) is 3.61.